The molecule has 0 radical (unpaired) electrons. The summed E-state index contributed by atoms with van der Waals surface area (Å²) < 4.78 is 10.0. The maximum atomic E-state index is 12.0. The maximum Gasteiger partial charge on any atom is 0.411 e. The van der Waals surface area contributed by atoms with Crippen molar-refractivity contribution in [3.8, 4) is 11.1 Å². The number of non-ortho nitro benzene ring substituents is 1. The minimum atomic E-state index is -1.21. The molecule has 0 saturated heterocycles. The summed E-state index contributed by atoms with van der Waals surface area (Å²) in [6.07, 6.45) is 2.10. The number of nitro groups is 1. The Morgan fingerprint density at radius 1 is 1.11 bits per heavy atom. The van der Waals surface area contributed by atoms with Crippen LogP contribution >= 0.6 is 0 Å². The lowest BCUT2D eigenvalue weighted by molar-refractivity contribution is -0.384. The Morgan fingerprint density at radius 3 is 2.46 bits per heavy atom. The SMILES string of the molecule is O=C(Nc1ccc(-c2ccoc2)cc1C(=O)O)OCc1ccc([N+](=O)[O-])cc1. The first kappa shape index (κ1) is 18.6. The van der Waals surface area contributed by atoms with E-state index in [1.54, 1.807) is 12.1 Å². The number of carboxylic acids is 1. The molecule has 9 nitrogen and oxygen atoms in total. The first-order valence-electron chi connectivity index (χ1n) is 8.01. The third kappa shape index (κ3) is 4.33. The zero-order chi connectivity index (χ0) is 20.1. The third-order valence-corrected chi connectivity index (χ3v) is 3.86. The van der Waals surface area contributed by atoms with Crippen molar-refractivity contribution in [1.29, 1.82) is 0 Å². The van der Waals surface area contributed by atoms with E-state index < -0.39 is 17.0 Å². The van der Waals surface area contributed by atoms with E-state index in [4.69, 9.17) is 9.15 Å². The summed E-state index contributed by atoms with van der Waals surface area (Å²) in [5.74, 6) is -1.21. The van der Waals surface area contributed by atoms with Crippen LogP contribution in [0.1, 0.15) is 15.9 Å². The average Bonchev–Trinajstić information content (AvgIpc) is 3.21. The molecule has 2 N–H and O–H groups in total. The molecule has 0 aliphatic carbocycles. The first-order chi connectivity index (χ1) is 13.4. The number of aromatic carboxylic acids is 1. The number of hydrogen-bond acceptors (Lipinski definition) is 6. The van der Waals surface area contributed by atoms with E-state index in [1.165, 1.54) is 48.9 Å². The van der Waals surface area contributed by atoms with Gasteiger partial charge in [0.25, 0.3) is 5.69 Å². The number of carbonyl (C=O) groups is 2. The second-order valence-corrected chi connectivity index (χ2v) is 5.70. The van der Waals surface area contributed by atoms with Gasteiger partial charge in [0.2, 0.25) is 0 Å². The van der Waals surface area contributed by atoms with Crippen molar-refractivity contribution in [1.82, 2.24) is 0 Å². The summed E-state index contributed by atoms with van der Waals surface area (Å²) in [6, 6.07) is 11.7. The van der Waals surface area contributed by atoms with Gasteiger partial charge in [0.1, 0.15) is 6.61 Å². The van der Waals surface area contributed by atoms with Crippen LogP contribution in [0.4, 0.5) is 16.2 Å². The maximum absolute atomic E-state index is 12.0. The quantitative estimate of drug-likeness (QED) is 0.480. The van der Waals surface area contributed by atoms with E-state index in [0.717, 1.165) is 0 Å². The van der Waals surface area contributed by atoms with Crippen molar-refractivity contribution >= 4 is 23.4 Å². The highest BCUT2D eigenvalue weighted by Gasteiger charge is 2.15. The molecule has 0 aliphatic rings. The predicted octanol–water partition coefficient (Wildman–Crippen LogP) is 4.30. The molecule has 0 fully saturated rings. The lowest BCUT2D eigenvalue weighted by atomic mass is 10.0. The Labute approximate surface area is 158 Å². The molecule has 0 unspecified atom stereocenters. The van der Waals surface area contributed by atoms with Crippen LogP contribution in [0.5, 0.6) is 0 Å². The fraction of sp³-hybridized carbons (Fsp3) is 0.0526. The number of nitrogens with zero attached hydrogens (tertiary/aromatic N) is 1. The topological polar surface area (TPSA) is 132 Å². The van der Waals surface area contributed by atoms with Gasteiger partial charge in [-0.25, -0.2) is 9.59 Å². The van der Waals surface area contributed by atoms with Gasteiger partial charge >= 0.3 is 12.1 Å². The number of carboxylic acid groups (broad SMARTS) is 1. The summed E-state index contributed by atoms with van der Waals surface area (Å²) in [6.45, 7) is -0.126. The predicted molar refractivity (Wildman–Crippen MR) is 98.0 cm³/mol. The van der Waals surface area contributed by atoms with Gasteiger partial charge in [0.05, 0.1) is 28.7 Å². The Bertz CT molecular complexity index is 1010. The van der Waals surface area contributed by atoms with Crippen molar-refractivity contribution in [2.24, 2.45) is 0 Å². The van der Waals surface area contributed by atoms with Crippen molar-refractivity contribution in [2.45, 2.75) is 6.61 Å². The summed E-state index contributed by atoms with van der Waals surface area (Å²) in [4.78, 5) is 33.6. The standard InChI is InChI=1S/C19H14N2O7/c22-18(23)16-9-13(14-7-8-27-11-14)3-6-17(16)20-19(24)28-10-12-1-4-15(5-2-12)21(25)26/h1-9,11H,10H2,(H,20,24)(H,22,23). The Morgan fingerprint density at radius 2 is 1.86 bits per heavy atom. The molecule has 2 aromatic carbocycles. The van der Waals surface area contributed by atoms with Gasteiger partial charge in [-0.05, 0) is 41.5 Å². The highest BCUT2D eigenvalue weighted by molar-refractivity contribution is 6.00. The molecular formula is C19H14N2O7. The van der Waals surface area contributed by atoms with Gasteiger partial charge in [-0.2, -0.15) is 0 Å². The zero-order valence-electron chi connectivity index (χ0n) is 14.3. The molecule has 1 heterocycles. The number of ether oxygens (including phenoxy) is 1. The normalized spacial score (nSPS) is 10.3. The van der Waals surface area contributed by atoms with Crippen LogP contribution < -0.4 is 5.32 Å². The van der Waals surface area contributed by atoms with E-state index in [9.17, 15) is 24.8 Å². The minimum absolute atomic E-state index is 0.0722. The number of rotatable bonds is 6. The number of amides is 1. The first-order valence-corrected chi connectivity index (χ1v) is 8.01. The molecular weight excluding hydrogens is 368 g/mol. The molecule has 1 aromatic heterocycles. The molecule has 9 heteroatoms. The van der Waals surface area contributed by atoms with Crippen LogP contribution in [-0.4, -0.2) is 22.1 Å². The smallest absolute Gasteiger partial charge is 0.411 e. The van der Waals surface area contributed by atoms with Gasteiger partial charge in [-0.3, -0.25) is 15.4 Å². The Kier molecular flexibility index (Phi) is 5.35. The molecule has 0 saturated carbocycles. The van der Waals surface area contributed by atoms with Crippen LogP contribution in [0.2, 0.25) is 0 Å². The van der Waals surface area contributed by atoms with Crippen molar-refractivity contribution < 1.29 is 28.8 Å². The van der Waals surface area contributed by atoms with Gasteiger partial charge in [-0.15, -0.1) is 0 Å². The van der Waals surface area contributed by atoms with Crippen molar-refractivity contribution in [3.05, 3.63) is 82.3 Å². The summed E-state index contributed by atoms with van der Waals surface area (Å²) in [5.41, 5.74) is 1.77. The lowest BCUT2D eigenvalue weighted by Crippen LogP contribution is -2.16. The number of benzene rings is 2. The van der Waals surface area contributed by atoms with E-state index in [0.29, 0.717) is 16.7 Å². The Hall–Kier alpha value is -4.14. The number of anilines is 1. The number of nitro benzene ring substituents is 1. The molecule has 3 aromatic rings. The summed E-state index contributed by atoms with van der Waals surface area (Å²) in [7, 11) is 0. The van der Waals surface area contributed by atoms with Gasteiger partial charge in [0.15, 0.2) is 0 Å². The molecule has 1 amide bonds. The zero-order valence-corrected chi connectivity index (χ0v) is 14.3. The highest BCUT2D eigenvalue weighted by atomic mass is 16.6. The molecule has 0 bridgehead atoms. The molecule has 28 heavy (non-hydrogen) atoms. The fourth-order valence-corrected chi connectivity index (χ4v) is 2.45. The molecule has 0 aliphatic heterocycles. The summed E-state index contributed by atoms with van der Waals surface area (Å²) in [5, 5.41) is 22.4. The number of hydrogen-bond donors (Lipinski definition) is 2. The Balaban J connectivity index is 1.67. The minimum Gasteiger partial charge on any atom is -0.478 e. The number of furan rings is 1. The molecule has 0 spiro atoms. The molecule has 142 valence electrons. The summed E-state index contributed by atoms with van der Waals surface area (Å²) >= 11 is 0. The van der Waals surface area contributed by atoms with Crippen molar-refractivity contribution in [3.63, 3.8) is 0 Å². The number of carbonyl (C=O) groups excluding carboxylic acids is 1. The largest absolute Gasteiger partial charge is 0.478 e. The lowest BCUT2D eigenvalue weighted by Gasteiger charge is -2.10. The molecule has 3 rings (SSSR count). The monoisotopic (exact) mass is 382 g/mol. The van der Waals surface area contributed by atoms with Crippen LogP contribution in [0.3, 0.4) is 0 Å². The highest BCUT2D eigenvalue weighted by Crippen LogP contribution is 2.26. The molecule has 0 atom stereocenters. The average molecular weight is 382 g/mol. The van der Waals surface area contributed by atoms with E-state index in [2.05, 4.69) is 5.32 Å². The van der Waals surface area contributed by atoms with Crippen molar-refractivity contribution in [2.75, 3.05) is 5.32 Å². The van der Waals surface area contributed by atoms with Gasteiger partial charge < -0.3 is 14.3 Å². The number of nitrogens with one attached hydrogen (secondary N) is 1. The van der Waals surface area contributed by atoms with Gasteiger partial charge in [-0.1, -0.05) is 6.07 Å². The van der Waals surface area contributed by atoms with Crippen LogP contribution in [0, 0.1) is 10.1 Å². The van der Waals surface area contributed by atoms with E-state index >= 15 is 0 Å². The third-order valence-electron chi connectivity index (χ3n) is 3.86. The van der Waals surface area contributed by atoms with E-state index in [1.807, 2.05) is 0 Å². The fourth-order valence-electron chi connectivity index (χ4n) is 2.45. The van der Waals surface area contributed by atoms with Gasteiger partial charge in [0, 0.05) is 17.7 Å². The van der Waals surface area contributed by atoms with Crippen LogP contribution in [0.15, 0.2) is 65.5 Å². The second kappa shape index (κ2) is 8.04. The second-order valence-electron chi connectivity index (χ2n) is 5.70. The van der Waals surface area contributed by atoms with E-state index in [-0.39, 0.29) is 23.5 Å². The van der Waals surface area contributed by atoms with Crippen LogP contribution in [0.25, 0.3) is 11.1 Å². The van der Waals surface area contributed by atoms with Crippen LogP contribution in [-0.2, 0) is 11.3 Å².